The van der Waals surface area contributed by atoms with Crippen LogP contribution in [0.1, 0.15) is 82.4 Å². The normalized spacial score (nSPS) is 30.6. The smallest absolute Gasteiger partial charge is 0.360 e. The number of aliphatic carboxylic acids is 1. The Labute approximate surface area is 233 Å². The van der Waals surface area contributed by atoms with Gasteiger partial charge in [0.1, 0.15) is 0 Å². The van der Waals surface area contributed by atoms with Gasteiger partial charge in [-0.1, -0.05) is 43.0 Å². The lowest BCUT2D eigenvalue weighted by atomic mass is 9.68. The summed E-state index contributed by atoms with van der Waals surface area (Å²) in [6.45, 7) is -0.459. The number of carboxylic acid groups (broad SMARTS) is 1. The molecule has 2 aromatic rings. The first-order chi connectivity index (χ1) is 19.4. The molecule has 4 aliphatic rings. The lowest BCUT2D eigenvalue weighted by Crippen LogP contribution is -2.58. The van der Waals surface area contributed by atoms with Crippen LogP contribution in [0.5, 0.6) is 0 Å². The predicted octanol–water partition coefficient (Wildman–Crippen LogP) is 3.47. The molecule has 6 rings (SSSR count). The molecule has 10 heteroatoms. The summed E-state index contributed by atoms with van der Waals surface area (Å²) in [5.74, 6) is -0.163. The van der Waals surface area contributed by atoms with E-state index >= 15 is 0 Å². The minimum Gasteiger partial charge on any atom is -0.476 e. The standard InChI is InChI=1S/C30H39N5O5/c1-31-26(36)17-40-33-28(30(38)39)27-29(37)35(25-11-3-2-10-24(25)32-27)23-15-20-8-5-9-21(16-23)34(20)22-13-18-6-4-7-19(12-18)14-22/h2-3,10-11,18-23H,4-9,12-17H2,1H3,(H,31,36)(H,38,39)/b33-28-/t18-,19+,20-,21+,22?,23?. The molecule has 2 aliphatic heterocycles. The lowest BCUT2D eigenvalue weighted by molar-refractivity contribution is -0.130. The highest BCUT2D eigenvalue weighted by Gasteiger charge is 2.45. The number of fused-ring (bicyclic) bond motifs is 5. The van der Waals surface area contributed by atoms with Gasteiger partial charge in [0.25, 0.3) is 11.5 Å². The number of piperidine rings is 2. The number of carboxylic acids is 1. The number of likely N-dealkylation sites (N-methyl/N-ethyl adjacent to an activating group) is 1. The Morgan fingerprint density at radius 1 is 0.975 bits per heavy atom. The van der Waals surface area contributed by atoms with Crippen molar-refractivity contribution in [3.63, 3.8) is 0 Å². The van der Waals surface area contributed by atoms with Gasteiger partial charge < -0.3 is 19.8 Å². The quantitative estimate of drug-likeness (QED) is 0.400. The van der Waals surface area contributed by atoms with Gasteiger partial charge in [-0.3, -0.25) is 14.5 Å². The molecule has 2 aliphatic carbocycles. The second-order valence-electron chi connectivity index (χ2n) is 12.2. The van der Waals surface area contributed by atoms with E-state index < -0.39 is 29.8 Å². The summed E-state index contributed by atoms with van der Waals surface area (Å²) in [7, 11) is 1.44. The number of rotatable bonds is 7. The van der Waals surface area contributed by atoms with Crippen molar-refractivity contribution in [3.05, 3.63) is 40.3 Å². The van der Waals surface area contributed by atoms with Crippen LogP contribution in [0, 0.1) is 11.8 Å². The van der Waals surface area contributed by atoms with E-state index in [1.807, 2.05) is 18.2 Å². The van der Waals surface area contributed by atoms with Gasteiger partial charge in [-0.15, -0.1) is 0 Å². The summed E-state index contributed by atoms with van der Waals surface area (Å²) in [6, 6.07) is 8.81. The van der Waals surface area contributed by atoms with Gasteiger partial charge in [-0.25, -0.2) is 9.78 Å². The van der Waals surface area contributed by atoms with Crippen molar-refractivity contribution >= 4 is 28.6 Å². The summed E-state index contributed by atoms with van der Waals surface area (Å²) < 4.78 is 1.77. The van der Waals surface area contributed by atoms with Crippen LogP contribution < -0.4 is 10.9 Å². The summed E-state index contributed by atoms with van der Waals surface area (Å²) in [6.07, 6.45) is 13.4. The number of hydrogen-bond acceptors (Lipinski definition) is 7. The van der Waals surface area contributed by atoms with Crippen molar-refractivity contribution < 1.29 is 19.5 Å². The first-order valence-electron chi connectivity index (χ1n) is 14.9. The van der Waals surface area contributed by atoms with Crippen LogP contribution in [-0.2, 0) is 14.4 Å². The first-order valence-corrected chi connectivity index (χ1v) is 14.9. The Morgan fingerprint density at radius 3 is 2.33 bits per heavy atom. The van der Waals surface area contributed by atoms with Crippen molar-refractivity contribution in [3.8, 4) is 0 Å². The number of para-hydroxylation sites is 2. The Hall–Kier alpha value is -3.27. The fraction of sp³-hybridized carbons (Fsp3) is 0.633. The van der Waals surface area contributed by atoms with Crippen LogP contribution >= 0.6 is 0 Å². The van der Waals surface area contributed by atoms with Gasteiger partial charge in [-0.05, 0) is 68.9 Å². The molecule has 2 N–H and O–H groups in total. The molecule has 0 spiro atoms. The van der Waals surface area contributed by atoms with Crippen molar-refractivity contribution in [2.75, 3.05) is 13.7 Å². The maximum absolute atomic E-state index is 14.0. The Kier molecular flexibility index (Phi) is 7.61. The fourth-order valence-corrected chi connectivity index (χ4v) is 8.22. The van der Waals surface area contributed by atoms with Gasteiger partial charge in [0.2, 0.25) is 5.71 Å². The van der Waals surface area contributed by atoms with E-state index in [9.17, 15) is 19.5 Å². The van der Waals surface area contributed by atoms with Crippen molar-refractivity contribution in [2.24, 2.45) is 17.0 Å². The third-order valence-electron chi connectivity index (χ3n) is 9.75. The minimum absolute atomic E-state index is 0.0596. The summed E-state index contributed by atoms with van der Waals surface area (Å²) >= 11 is 0. The van der Waals surface area contributed by atoms with E-state index in [-0.39, 0.29) is 11.7 Å². The number of carbonyl (C=O) groups excluding carboxylic acids is 1. The third kappa shape index (κ3) is 5.13. The number of carbonyl (C=O) groups is 2. The number of aromatic nitrogens is 2. The molecule has 214 valence electrons. The largest absolute Gasteiger partial charge is 0.476 e. The van der Waals surface area contributed by atoms with E-state index in [4.69, 9.17) is 4.84 Å². The molecular weight excluding hydrogens is 510 g/mol. The van der Waals surface area contributed by atoms with Crippen LogP contribution in [0.2, 0.25) is 0 Å². The summed E-state index contributed by atoms with van der Waals surface area (Å²) in [5, 5.41) is 16.0. The number of benzene rings is 1. The maximum Gasteiger partial charge on any atom is 0.360 e. The zero-order valence-electron chi connectivity index (χ0n) is 23.1. The molecule has 6 atom stereocenters. The van der Waals surface area contributed by atoms with Gasteiger partial charge in [0.15, 0.2) is 12.3 Å². The molecule has 2 saturated heterocycles. The maximum atomic E-state index is 14.0. The van der Waals surface area contributed by atoms with Gasteiger partial charge in [-0.2, -0.15) is 0 Å². The van der Waals surface area contributed by atoms with E-state index in [1.54, 1.807) is 10.6 Å². The molecular formula is C30H39N5O5. The number of amides is 1. The molecule has 3 heterocycles. The Morgan fingerprint density at radius 2 is 1.65 bits per heavy atom. The van der Waals surface area contributed by atoms with Crippen molar-refractivity contribution in [2.45, 2.75) is 94.8 Å². The number of nitrogens with zero attached hydrogens (tertiary/aromatic N) is 4. The molecule has 1 aromatic carbocycles. The molecule has 1 amide bonds. The van der Waals surface area contributed by atoms with Crippen molar-refractivity contribution in [1.82, 2.24) is 19.8 Å². The van der Waals surface area contributed by atoms with E-state index in [0.717, 1.165) is 37.5 Å². The number of oxime groups is 1. The second-order valence-corrected chi connectivity index (χ2v) is 12.2. The highest BCUT2D eigenvalue weighted by atomic mass is 16.6. The Balaban J connectivity index is 1.34. The summed E-state index contributed by atoms with van der Waals surface area (Å²) in [5.41, 5.74) is -0.108. The van der Waals surface area contributed by atoms with E-state index in [1.165, 1.54) is 52.0 Å². The number of hydrogen-bond donors (Lipinski definition) is 2. The van der Waals surface area contributed by atoms with Crippen LogP contribution in [0.3, 0.4) is 0 Å². The molecule has 10 nitrogen and oxygen atoms in total. The topological polar surface area (TPSA) is 126 Å². The molecule has 0 radical (unpaired) electrons. The SMILES string of the molecule is CNC(=O)CO/N=C(\C(=O)O)c1nc2ccccc2n(C2C[C@H]3CCC[C@@H](C2)N3C2C[C@H]3CCC[C@@H](C2)C3)c1=O. The third-order valence-corrected chi connectivity index (χ3v) is 9.75. The first kappa shape index (κ1) is 26.9. The van der Waals surface area contributed by atoms with Gasteiger partial charge in [0, 0.05) is 31.2 Å². The van der Waals surface area contributed by atoms with Crippen LogP contribution in [-0.4, -0.2) is 68.9 Å². The highest BCUT2D eigenvalue weighted by molar-refractivity contribution is 6.41. The van der Waals surface area contributed by atoms with Gasteiger partial charge in [0.05, 0.1) is 11.0 Å². The number of nitrogens with one attached hydrogen (secondary N) is 1. The molecule has 1 aromatic heterocycles. The average Bonchev–Trinajstić information content (AvgIpc) is 2.94. The zero-order valence-corrected chi connectivity index (χ0v) is 23.1. The Bertz CT molecular complexity index is 1350. The van der Waals surface area contributed by atoms with E-state index in [2.05, 4.69) is 20.4 Å². The highest BCUT2D eigenvalue weighted by Crippen LogP contribution is 2.47. The van der Waals surface area contributed by atoms with Crippen molar-refractivity contribution in [1.29, 1.82) is 0 Å². The average molecular weight is 550 g/mol. The fourth-order valence-electron chi connectivity index (χ4n) is 8.22. The second kappa shape index (κ2) is 11.3. The molecule has 4 fully saturated rings. The molecule has 4 bridgehead atoms. The summed E-state index contributed by atoms with van der Waals surface area (Å²) in [4.78, 5) is 50.0. The van der Waals surface area contributed by atoms with Gasteiger partial charge >= 0.3 is 5.97 Å². The minimum atomic E-state index is -1.43. The van der Waals surface area contributed by atoms with Crippen LogP contribution in [0.4, 0.5) is 0 Å². The molecule has 2 unspecified atom stereocenters. The zero-order chi connectivity index (χ0) is 27.8. The monoisotopic (exact) mass is 549 g/mol. The lowest BCUT2D eigenvalue weighted by Gasteiger charge is -2.55. The molecule has 40 heavy (non-hydrogen) atoms. The van der Waals surface area contributed by atoms with Crippen LogP contribution in [0.25, 0.3) is 11.0 Å². The van der Waals surface area contributed by atoms with Crippen LogP contribution in [0.15, 0.2) is 34.2 Å². The molecule has 2 saturated carbocycles. The van der Waals surface area contributed by atoms with E-state index in [0.29, 0.717) is 29.2 Å². The predicted molar refractivity (Wildman–Crippen MR) is 150 cm³/mol.